The van der Waals surface area contributed by atoms with E-state index in [1.54, 1.807) is 52.5 Å². The molecule has 3 aromatic heterocycles. The van der Waals surface area contributed by atoms with E-state index in [0.717, 1.165) is 69.4 Å². The Morgan fingerprint density at radius 3 is 1.14 bits per heavy atom. The van der Waals surface area contributed by atoms with Gasteiger partial charge in [-0.2, -0.15) is 39.5 Å². The van der Waals surface area contributed by atoms with Crippen molar-refractivity contribution in [1.82, 2.24) is 15.0 Å². The number of nitrogens with zero attached hydrogens (tertiary/aromatic N) is 5. The van der Waals surface area contributed by atoms with E-state index >= 15 is 0 Å². The predicted molar refractivity (Wildman–Crippen MR) is 373 cm³/mol. The van der Waals surface area contributed by atoms with Crippen LogP contribution < -0.4 is 41.8 Å². The molecule has 0 aliphatic rings. The molecule has 0 fully saturated rings. The summed E-state index contributed by atoms with van der Waals surface area (Å²) in [7, 11) is -5.83. The molecule has 0 spiro atoms. The van der Waals surface area contributed by atoms with E-state index in [1.807, 2.05) is 0 Å². The third kappa shape index (κ3) is 21.5. The maximum Gasteiger partial charge on any atom is 0.416 e. The molecule has 35 heteroatoms. The first kappa shape index (κ1) is 79.5. The number of rotatable bonds is 21. The van der Waals surface area contributed by atoms with Crippen LogP contribution in [0.3, 0.4) is 0 Å². The fourth-order valence-corrected chi connectivity index (χ4v) is 15.6. The monoisotopic (exact) mass is 1560 g/mol. The SMILES string of the molecule is COc1ccc(CN(c2nccs2)S(=O)(=O)c2ccc(F)cc2)c(OC)c1.COc1ccc(CN(c2nccs2)S(=O)(=O)c2ccc(Oc3cc(C)cc(C(F)(F)F)c3)cc2)c(OC)c1.Cc1cc(O)cc(C(F)(F)F)c1.Cc1cc(Oc2ccc(S(=O)(=O)Nc3nccs3)cc2)cc(C(F)(F)F)c1. The van der Waals surface area contributed by atoms with Crippen LogP contribution in [-0.2, 0) is 61.7 Å². The summed E-state index contributed by atoms with van der Waals surface area (Å²) in [4.78, 5) is 12.1. The van der Waals surface area contributed by atoms with Crippen LogP contribution in [-0.4, -0.2) is 73.8 Å². The van der Waals surface area contributed by atoms with Gasteiger partial charge in [0.2, 0.25) is 0 Å². The van der Waals surface area contributed by atoms with Gasteiger partial charge in [0, 0.05) is 58.0 Å². The fourth-order valence-electron chi connectivity index (χ4n) is 9.28. The molecule has 0 saturated carbocycles. The Morgan fingerprint density at radius 1 is 0.423 bits per heavy atom. The Balaban J connectivity index is 0.000000186. The summed E-state index contributed by atoms with van der Waals surface area (Å²) < 4.78 is 243. The molecule has 8 aromatic carbocycles. The van der Waals surface area contributed by atoms with E-state index in [-0.39, 0.29) is 66.8 Å². The standard InChI is InChI=1S/C26H23F3N2O5S2.C18H17FN2O4S2.C17H13F3N2O3S2.C8H7F3O/c1-17-12-19(26(27,28)29)14-22(13-17)36-20-6-8-23(9-7-20)38(32,33)31(25-30-10-11-37-25)16-18-4-5-21(34-2)15-24(18)35-3;1-24-15-6-3-13(17(11-15)25-2)12-21(18-20-9-10-26-18)27(22,23)16-7-4-14(19)5-8-16;1-11-8-12(17(18,19)20)10-14(9-11)25-13-2-4-15(5-3-13)27(23,24)22-16-21-6-7-26-16;1-5-2-6(8(9,10)11)4-7(12)3-5/h4-15H,16H2,1-3H3;3-11H,12H2,1-2H3;2-10H,1H3,(H,21,22);2-4,12H,1H3. The number of hydrogen-bond acceptors (Lipinski definition) is 19. The predicted octanol–water partition coefficient (Wildman–Crippen LogP) is 18.2. The van der Waals surface area contributed by atoms with Gasteiger partial charge >= 0.3 is 18.5 Å². The molecule has 11 aromatic rings. The van der Waals surface area contributed by atoms with Gasteiger partial charge in [-0.1, -0.05) is 0 Å². The molecule has 0 bridgehead atoms. The summed E-state index contributed by atoms with van der Waals surface area (Å²) in [5, 5.41) is 14.6. The topological polar surface area (TPSA) is 235 Å². The molecular formula is C69H60F10N6O13S6. The Morgan fingerprint density at radius 2 is 0.788 bits per heavy atom. The van der Waals surface area contributed by atoms with Crippen molar-refractivity contribution in [3.8, 4) is 51.7 Å². The number of phenols is 1. The minimum Gasteiger partial charge on any atom is -0.508 e. The third-order valence-electron chi connectivity index (χ3n) is 14.1. The van der Waals surface area contributed by atoms with Gasteiger partial charge in [-0.15, -0.1) is 34.0 Å². The highest BCUT2D eigenvalue weighted by atomic mass is 32.2. The normalized spacial score (nSPS) is 11.7. The second-order valence-corrected chi connectivity index (χ2v) is 29.7. The molecule has 11 rings (SSSR count). The van der Waals surface area contributed by atoms with Crippen LogP contribution in [0.1, 0.15) is 44.5 Å². The average molecular weight is 1560 g/mol. The third-order valence-corrected chi connectivity index (χ3v) is 21.6. The Kier molecular flexibility index (Phi) is 25.9. The van der Waals surface area contributed by atoms with Crippen LogP contribution in [0, 0.1) is 26.6 Å². The molecule has 0 unspecified atom stereocenters. The number of nitrogens with one attached hydrogen (secondary N) is 1. The molecular weight excluding hydrogens is 1500 g/mol. The van der Waals surface area contributed by atoms with Crippen molar-refractivity contribution in [1.29, 1.82) is 0 Å². The van der Waals surface area contributed by atoms with Crippen molar-refractivity contribution in [3.05, 3.63) is 249 Å². The van der Waals surface area contributed by atoms with E-state index in [9.17, 15) is 69.2 Å². The molecule has 2 N–H and O–H groups in total. The number of thiazole rings is 3. The largest absolute Gasteiger partial charge is 0.508 e. The van der Waals surface area contributed by atoms with Gasteiger partial charge in [-0.05, 0) is 189 Å². The number of aromatic nitrogens is 3. The first-order valence-electron chi connectivity index (χ1n) is 29.7. The number of methoxy groups -OCH3 is 4. The van der Waals surface area contributed by atoms with Gasteiger partial charge in [-0.25, -0.2) is 53.2 Å². The van der Waals surface area contributed by atoms with E-state index in [0.29, 0.717) is 62.0 Å². The van der Waals surface area contributed by atoms with Gasteiger partial charge in [-0.3, -0.25) is 4.72 Å². The minimum atomic E-state index is -4.52. The number of benzene rings is 8. The van der Waals surface area contributed by atoms with Crippen molar-refractivity contribution in [3.63, 3.8) is 0 Å². The van der Waals surface area contributed by atoms with E-state index < -0.39 is 71.1 Å². The smallest absolute Gasteiger partial charge is 0.416 e. The molecule has 0 atom stereocenters. The number of sulfonamides is 3. The summed E-state index contributed by atoms with van der Waals surface area (Å²) in [5.74, 6) is 1.61. The van der Waals surface area contributed by atoms with Crippen LogP contribution in [0.15, 0.2) is 213 Å². The van der Waals surface area contributed by atoms with Crippen molar-refractivity contribution in [2.24, 2.45) is 0 Å². The first-order chi connectivity index (χ1) is 49.0. The van der Waals surface area contributed by atoms with Crippen LogP contribution in [0.2, 0.25) is 0 Å². The Hall–Kier alpha value is -10.2. The molecule has 0 aliphatic heterocycles. The van der Waals surface area contributed by atoms with Crippen molar-refractivity contribution in [2.45, 2.75) is 67.1 Å². The maximum absolute atomic E-state index is 13.7. The Labute approximate surface area is 602 Å². The summed E-state index contributed by atoms with van der Waals surface area (Å²) in [6, 6.07) is 35.4. The van der Waals surface area contributed by atoms with Gasteiger partial charge in [0.1, 0.15) is 57.6 Å². The van der Waals surface area contributed by atoms with Gasteiger partial charge in [0.15, 0.2) is 15.4 Å². The molecule has 550 valence electrons. The number of ether oxygens (including phenoxy) is 6. The van der Waals surface area contributed by atoms with E-state index in [1.165, 1.54) is 162 Å². The minimum absolute atomic E-state index is 0.000388. The van der Waals surface area contributed by atoms with Gasteiger partial charge in [0.25, 0.3) is 30.1 Å². The maximum atomic E-state index is 13.7. The lowest BCUT2D eigenvalue weighted by Crippen LogP contribution is -2.30. The lowest BCUT2D eigenvalue weighted by molar-refractivity contribution is -0.138. The first-order valence-corrected chi connectivity index (χ1v) is 36.8. The number of anilines is 3. The van der Waals surface area contributed by atoms with Gasteiger partial charge < -0.3 is 33.5 Å². The van der Waals surface area contributed by atoms with Crippen molar-refractivity contribution < 1.29 is 103 Å². The highest BCUT2D eigenvalue weighted by molar-refractivity contribution is 7.93. The molecule has 0 amide bonds. The summed E-state index contributed by atoms with van der Waals surface area (Å²) >= 11 is 3.48. The number of phenolic OH excluding ortho intramolecular Hbond substituents is 1. The van der Waals surface area contributed by atoms with Gasteiger partial charge in [0.05, 0.1) is 72.9 Å². The van der Waals surface area contributed by atoms with Crippen LogP contribution in [0.4, 0.5) is 59.3 Å². The quantitative estimate of drug-likeness (QED) is 0.0636. The van der Waals surface area contributed by atoms with Crippen LogP contribution in [0.5, 0.6) is 51.7 Å². The number of halogens is 10. The zero-order valence-corrected chi connectivity index (χ0v) is 60.2. The molecule has 19 nitrogen and oxygen atoms in total. The molecule has 0 saturated heterocycles. The number of alkyl halides is 9. The number of aryl methyl sites for hydroxylation is 3. The second-order valence-electron chi connectivity index (χ2n) is 21.7. The molecule has 104 heavy (non-hydrogen) atoms. The number of aromatic hydroxyl groups is 1. The summed E-state index contributed by atoms with van der Waals surface area (Å²) in [5.41, 5.74) is -0.0775. The Bertz CT molecular complexity index is 5010. The van der Waals surface area contributed by atoms with Crippen molar-refractivity contribution in [2.75, 3.05) is 41.8 Å². The zero-order chi connectivity index (χ0) is 76.0. The lowest BCUT2D eigenvalue weighted by Gasteiger charge is -2.23. The van der Waals surface area contributed by atoms with E-state index in [4.69, 9.17) is 33.5 Å². The molecule has 3 heterocycles. The fraction of sp³-hybridized carbons (Fsp3) is 0.174. The number of hydrogen-bond donors (Lipinski definition) is 2. The zero-order valence-electron chi connectivity index (χ0n) is 55.3. The average Bonchev–Trinajstić information content (AvgIpc) is 1.70. The van der Waals surface area contributed by atoms with E-state index in [2.05, 4.69) is 19.7 Å². The van der Waals surface area contributed by atoms with Crippen molar-refractivity contribution >= 4 is 79.5 Å². The highest BCUT2D eigenvalue weighted by Crippen LogP contribution is 2.39. The summed E-state index contributed by atoms with van der Waals surface area (Å²) in [6.45, 7) is 4.49. The second kappa shape index (κ2) is 33.9. The molecule has 0 aliphatic carbocycles. The molecule has 0 radical (unpaired) electrons. The summed E-state index contributed by atoms with van der Waals surface area (Å²) in [6.07, 6.45) is -8.89. The van der Waals surface area contributed by atoms with Crippen LogP contribution in [0.25, 0.3) is 0 Å². The lowest BCUT2D eigenvalue weighted by atomic mass is 10.1. The van der Waals surface area contributed by atoms with Crippen LogP contribution >= 0.6 is 34.0 Å². The highest BCUT2D eigenvalue weighted by Gasteiger charge is 2.35.